The minimum Gasteiger partial charge on any atom is -0.481 e. The van der Waals surface area contributed by atoms with E-state index in [4.69, 9.17) is 10.8 Å². The van der Waals surface area contributed by atoms with Crippen molar-refractivity contribution in [3.63, 3.8) is 0 Å². The van der Waals surface area contributed by atoms with Crippen LogP contribution >= 0.6 is 0 Å². The number of amides is 1. The Morgan fingerprint density at radius 2 is 2.10 bits per heavy atom. The molecule has 0 spiro atoms. The fraction of sp³-hybridized carbons (Fsp3) is 0.467. The Hall–Kier alpha value is -2.04. The van der Waals surface area contributed by atoms with Gasteiger partial charge < -0.3 is 16.2 Å². The number of benzene rings is 1. The predicted molar refractivity (Wildman–Crippen MR) is 76.4 cm³/mol. The zero-order valence-electron chi connectivity index (χ0n) is 11.6. The molecular formula is C15H20N2O3. The summed E-state index contributed by atoms with van der Waals surface area (Å²) in [6.45, 7) is 1.90. The highest BCUT2D eigenvalue weighted by molar-refractivity contribution is 5.99. The molecule has 0 bridgehead atoms. The number of aryl methyl sites for hydroxylation is 1. The zero-order valence-corrected chi connectivity index (χ0v) is 11.6. The lowest BCUT2D eigenvalue weighted by molar-refractivity contribution is -0.143. The lowest BCUT2D eigenvalue weighted by atomic mass is 9.85. The van der Waals surface area contributed by atoms with E-state index in [1.807, 2.05) is 13.0 Å². The summed E-state index contributed by atoms with van der Waals surface area (Å²) in [5, 5.41) is 12.0. The van der Waals surface area contributed by atoms with E-state index in [9.17, 15) is 9.59 Å². The Kier molecular flexibility index (Phi) is 4.27. The van der Waals surface area contributed by atoms with Crippen molar-refractivity contribution in [2.24, 2.45) is 5.92 Å². The molecule has 0 aliphatic heterocycles. The molecule has 2 rings (SSSR count). The maximum Gasteiger partial charge on any atom is 0.306 e. The van der Waals surface area contributed by atoms with Crippen LogP contribution in [0.5, 0.6) is 0 Å². The average Bonchev–Trinajstić information content (AvgIpc) is 2.41. The summed E-state index contributed by atoms with van der Waals surface area (Å²) in [6, 6.07) is 5.23. The van der Waals surface area contributed by atoms with Gasteiger partial charge in [0.1, 0.15) is 0 Å². The molecule has 0 heterocycles. The van der Waals surface area contributed by atoms with Crippen molar-refractivity contribution < 1.29 is 14.7 Å². The van der Waals surface area contributed by atoms with E-state index in [-0.39, 0.29) is 17.9 Å². The van der Waals surface area contributed by atoms with Gasteiger partial charge in [-0.3, -0.25) is 9.59 Å². The minimum atomic E-state index is -0.779. The predicted octanol–water partition coefficient (Wildman–Crippen LogP) is 1.95. The first-order valence-electron chi connectivity index (χ1n) is 6.87. The lowest BCUT2D eigenvalue weighted by Crippen LogP contribution is -2.40. The summed E-state index contributed by atoms with van der Waals surface area (Å²) >= 11 is 0. The number of nitrogens with two attached hydrogens (primary N) is 1. The molecule has 0 aromatic heterocycles. The fourth-order valence-electron chi connectivity index (χ4n) is 2.68. The van der Waals surface area contributed by atoms with Gasteiger partial charge in [-0.05, 0) is 38.3 Å². The van der Waals surface area contributed by atoms with Crippen LogP contribution in [0.3, 0.4) is 0 Å². The first-order valence-corrected chi connectivity index (χ1v) is 6.87. The molecule has 2 unspecified atom stereocenters. The van der Waals surface area contributed by atoms with Crippen LogP contribution in [0.2, 0.25) is 0 Å². The number of nitrogens with one attached hydrogen (secondary N) is 1. The number of hydrogen-bond donors (Lipinski definition) is 3. The highest BCUT2D eigenvalue weighted by atomic mass is 16.4. The molecule has 1 aromatic carbocycles. The highest BCUT2D eigenvalue weighted by Crippen LogP contribution is 2.25. The average molecular weight is 276 g/mol. The summed E-state index contributed by atoms with van der Waals surface area (Å²) < 4.78 is 0. The number of carbonyl (C=O) groups excluding carboxylic acids is 1. The van der Waals surface area contributed by atoms with Gasteiger partial charge in [-0.1, -0.05) is 18.1 Å². The summed E-state index contributed by atoms with van der Waals surface area (Å²) in [6.07, 6.45) is 2.83. The first-order chi connectivity index (χ1) is 9.47. The Labute approximate surface area is 118 Å². The van der Waals surface area contributed by atoms with Crippen LogP contribution in [0.15, 0.2) is 18.2 Å². The van der Waals surface area contributed by atoms with Crippen LogP contribution in [0.4, 0.5) is 5.69 Å². The molecule has 108 valence electrons. The van der Waals surface area contributed by atoms with Gasteiger partial charge in [-0.25, -0.2) is 0 Å². The van der Waals surface area contributed by atoms with Crippen LogP contribution in [0, 0.1) is 12.8 Å². The molecule has 1 saturated carbocycles. The fourth-order valence-corrected chi connectivity index (χ4v) is 2.68. The summed E-state index contributed by atoms with van der Waals surface area (Å²) in [5.74, 6) is -1.36. The number of anilines is 1. The largest absolute Gasteiger partial charge is 0.481 e. The van der Waals surface area contributed by atoms with E-state index in [0.29, 0.717) is 24.1 Å². The van der Waals surface area contributed by atoms with Crippen molar-refractivity contribution in [2.75, 3.05) is 5.73 Å². The Morgan fingerprint density at radius 3 is 2.80 bits per heavy atom. The van der Waals surface area contributed by atoms with Crippen LogP contribution < -0.4 is 11.1 Å². The maximum atomic E-state index is 12.2. The molecule has 4 N–H and O–H groups in total. The molecule has 20 heavy (non-hydrogen) atoms. The second kappa shape index (κ2) is 5.94. The molecule has 2 atom stereocenters. The third-order valence-corrected chi connectivity index (χ3v) is 3.81. The molecular weight excluding hydrogens is 256 g/mol. The minimum absolute atomic E-state index is 0.0859. The summed E-state index contributed by atoms with van der Waals surface area (Å²) in [4.78, 5) is 23.2. The van der Waals surface area contributed by atoms with Gasteiger partial charge in [0.25, 0.3) is 5.91 Å². The normalized spacial score (nSPS) is 22.2. The third kappa shape index (κ3) is 3.29. The standard InChI is InChI=1S/C15H20N2O3/c1-9-5-6-13(16)12(7-9)14(18)17-11-4-2-3-10(8-11)15(19)20/h5-7,10-11H,2-4,8,16H2,1H3,(H,17,18)(H,19,20). The molecule has 5 heteroatoms. The second-order valence-electron chi connectivity index (χ2n) is 5.46. The Morgan fingerprint density at radius 1 is 1.35 bits per heavy atom. The number of nitrogen functional groups attached to an aromatic ring is 1. The van der Waals surface area contributed by atoms with Crippen LogP contribution in [-0.4, -0.2) is 23.0 Å². The van der Waals surface area contributed by atoms with Crippen LogP contribution in [-0.2, 0) is 4.79 Å². The van der Waals surface area contributed by atoms with Crippen LogP contribution in [0.25, 0.3) is 0 Å². The van der Waals surface area contributed by atoms with E-state index in [1.165, 1.54) is 0 Å². The van der Waals surface area contributed by atoms with Gasteiger partial charge in [0, 0.05) is 11.7 Å². The molecule has 0 radical (unpaired) electrons. The number of aliphatic carboxylic acids is 1. The number of carbonyl (C=O) groups is 2. The monoisotopic (exact) mass is 276 g/mol. The smallest absolute Gasteiger partial charge is 0.306 e. The maximum absolute atomic E-state index is 12.2. The van der Waals surface area contributed by atoms with Crippen molar-refractivity contribution in [2.45, 2.75) is 38.6 Å². The second-order valence-corrected chi connectivity index (χ2v) is 5.46. The lowest BCUT2D eigenvalue weighted by Gasteiger charge is -2.27. The van der Waals surface area contributed by atoms with Crippen molar-refractivity contribution in [3.05, 3.63) is 29.3 Å². The van der Waals surface area contributed by atoms with Crippen molar-refractivity contribution >= 4 is 17.6 Å². The van der Waals surface area contributed by atoms with Gasteiger partial charge in [0.05, 0.1) is 11.5 Å². The van der Waals surface area contributed by atoms with E-state index in [0.717, 1.165) is 18.4 Å². The van der Waals surface area contributed by atoms with Gasteiger partial charge in [-0.15, -0.1) is 0 Å². The zero-order chi connectivity index (χ0) is 14.7. The molecule has 0 saturated heterocycles. The molecule has 1 aliphatic carbocycles. The number of hydrogen-bond acceptors (Lipinski definition) is 3. The molecule has 1 amide bonds. The molecule has 1 aliphatic rings. The van der Waals surface area contributed by atoms with E-state index in [1.54, 1.807) is 12.1 Å². The van der Waals surface area contributed by atoms with Crippen LogP contribution in [0.1, 0.15) is 41.6 Å². The van der Waals surface area contributed by atoms with Gasteiger partial charge in [-0.2, -0.15) is 0 Å². The van der Waals surface area contributed by atoms with E-state index in [2.05, 4.69) is 5.32 Å². The Balaban J connectivity index is 2.04. The van der Waals surface area contributed by atoms with Crippen molar-refractivity contribution in [1.29, 1.82) is 0 Å². The van der Waals surface area contributed by atoms with Gasteiger partial charge in [0.2, 0.25) is 0 Å². The molecule has 1 fully saturated rings. The molecule has 1 aromatic rings. The third-order valence-electron chi connectivity index (χ3n) is 3.81. The van der Waals surface area contributed by atoms with E-state index < -0.39 is 5.97 Å². The quantitative estimate of drug-likeness (QED) is 0.736. The number of carboxylic acids is 1. The Bertz CT molecular complexity index is 528. The first kappa shape index (κ1) is 14.4. The molecule has 5 nitrogen and oxygen atoms in total. The van der Waals surface area contributed by atoms with Gasteiger partial charge >= 0.3 is 5.97 Å². The summed E-state index contributed by atoms with van der Waals surface area (Å²) in [5.41, 5.74) is 7.69. The highest BCUT2D eigenvalue weighted by Gasteiger charge is 2.28. The van der Waals surface area contributed by atoms with Gasteiger partial charge in [0.15, 0.2) is 0 Å². The number of rotatable bonds is 3. The SMILES string of the molecule is Cc1ccc(N)c(C(=O)NC2CCCC(C(=O)O)C2)c1. The van der Waals surface area contributed by atoms with E-state index >= 15 is 0 Å². The topological polar surface area (TPSA) is 92.4 Å². The summed E-state index contributed by atoms with van der Waals surface area (Å²) in [7, 11) is 0. The van der Waals surface area contributed by atoms with Crippen molar-refractivity contribution in [3.8, 4) is 0 Å². The number of carboxylic acid groups (broad SMARTS) is 1. The van der Waals surface area contributed by atoms with Crippen molar-refractivity contribution in [1.82, 2.24) is 5.32 Å².